The van der Waals surface area contributed by atoms with Crippen LogP contribution in [-0.2, 0) is 0 Å². The van der Waals surface area contributed by atoms with Crippen molar-refractivity contribution in [2.45, 2.75) is 18.7 Å². The summed E-state index contributed by atoms with van der Waals surface area (Å²) in [5.41, 5.74) is 1.62. The average Bonchev–Trinajstić information content (AvgIpc) is 2.61. The second-order valence-electron chi connectivity index (χ2n) is 5.32. The topological polar surface area (TPSA) is 44.4 Å². The molecular formula is C19H25N3OS. The van der Waals surface area contributed by atoms with Crippen molar-refractivity contribution >= 4 is 29.2 Å². The number of urea groups is 1. The van der Waals surface area contributed by atoms with Gasteiger partial charge in [-0.3, -0.25) is 0 Å². The van der Waals surface area contributed by atoms with Crippen LogP contribution in [-0.4, -0.2) is 36.3 Å². The lowest BCUT2D eigenvalue weighted by Crippen LogP contribution is -2.25. The summed E-state index contributed by atoms with van der Waals surface area (Å²) in [6.07, 6.45) is 0. The van der Waals surface area contributed by atoms with Crippen molar-refractivity contribution in [3.8, 4) is 0 Å². The van der Waals surface area contributed by atoms with Crippen molar-refractivity contribution in [2.24, 2.45) is 0 Å². The molecule has 0 spiro atoms. The summed E-state index contributed by atoms with van der Waals surface area (Å²) in [6.45, 7) is 7.53. The van der Waals surface area contributed by atoms with Crippen LogP contribution in [0.1, 0.15) is 13.8 Å². The predicted molar refractivity (Wildman–Crippen MR) is 104 cm³/mol. The lowest BCUT2D eigenvalue weighted by atomic mass is 10.3. The zero-order valence-electron chi connectivity index (χ0n) is 14.3. The molecule has 0 aromatic heterocycles. The molecule has 0 saturated heterocycles. The number of para-hydroxylation sites is 2. The number of carbonyl (C=O) groups excluding carboxylic acids is 1. The number of hydrogen-bond acceptors (Lipinski definition) is 3. The predicted octanol–water partition coefficient (Wildman–Crippen LogP) is 4.76. The highest BCUT2D eigenvalue weighted by Crippen LogP contribution is 2.27. The highest BCUT2D eigenvalue weighted by molar-refractivity contribution is 7.99. The largest absolute Gasteiger partial charge is 0.323 e. The van der Waals surface area contributed by atoms with Gasteiger partial charge >= 0.3 is 6.03 Å². The number of amides is 2. The normalized spacial score (nSPS) is 10.6. The highest BCUT2D eigenvalue weighted by atomic mass is 32.2. The molecular weight excluding hydrogens is 318 g/mol. The highest BCUT2D eigenvalue weighted by Gasteiger charge is 2.08. The van der Waals surface area contributed by atoms with Crippen LogP contribution in [0.4, 0.5) is 16.2 Å². The van der Waals surface area contributed by atoms with Crippen LogP contribution in [0.25, 0.3) is 0 Å². The summed E-state index contributed by atoms with van der Waals surface area (Å²) >= 11 is 1.77. The Morgan fingerprint density at radius 2 is 1.62 bits per heavy atom. The Labute approximate surface area is 148 Å². The Balaban J connectivity index is 1.92. The Bertz CT molecular complexity index is 630. The molecule has 0 bridgehead atoms. The van der Waals surface area contributed by atoms with E-state index >= 15 is 0 Å². The van der Waals surface area contributed by atoms with Crippen molar-refractivity contribution in [3.05, 3.63) is 54.6 Å². The van der Waals surface area contributed by atoms with Crippen LogP contribution < -0.4 is 10.6 Å². The number of thioether (sulfide) groups is 1. The number of rotatable bonds is 8. The van der Waals surface area contributed by atoms with E-state index in [0.717, 1.165) is 41.7 Å². The summed E-state index contributed by atoms with van der Waals surface area (Å²) in [7, 11) is 0. The molecule has 0 aliphatic carbocycles. The standard InChI is InChI=1S/C19H25N3OS/c1-3-22(4-2)14-15-24-18-13-9-8-12-17(18)21-19(23)20-16-10-6-5-7-11-16/h5-13H,3-4,14-15H2,1-2H3,(H2,20,21,23). The van der Waals surface area contributed by atoms with Gasteiger partial charge < -0.3 is 15.5 Å². The van der Waals surface area contributed by atoms with Gasteiger partial charge in [-0.05, 0) is 37.4 Å². The fraction of sp³-hybridized carbons (Fsp3) is 0.316. The minimum atomic E-state index is -0.224. The Hall–Kier alpha value is -1.98. The van der Waals surface area contributed by atoms with Crippen molar-refractivity contribution in [3.63, 3.8) is 0 Å². The third-order valence-electron chi connectivity index (χ3n) is 3.73. The molecule has 2 amide bonds. The minimum absolute atomic E-state index is 0.224. The number of nitrogens with one attached hydrogen (secondary N) is 2. The maximum atomic E-state index is 12.2. The molecule has 0 radical (unpaired) electrons. The zero-order valence-corrected chi connectivity index (χ0v) is 15.1. The van der Waals surface area contributed by atoms with Crippen LogP contribution >= 0.6 is 11.8 Å². The van der Waals surface area contributed by atoms with E-state index in [0.29, 0.717) is 0 Å². The number of anilines is 2. The van der Waals surface area contributed by atoms with Crippen molar-refractivity contribution in [1.82, 2.24) is 4.90 Å². The quantitative estimate of drug-likeness (QED) is 0.679. The van der Waals surface area contributed by atoms with Gasteiger partial charge in [-0.25, -0.2) is 4.79 Å². The van der Waals surface area contributed by atoms with E-state index in [1.165, 1.54) is 0 Å². The zero-order chi connectivity index (χ0) is 17.2. The van der Waals surface area contributed by atoms with Crippen LogP contribution in [0.15, 0.2) is 59.5 Å². The van der Waals surface area contributed by atoms with Crippen molar-refractivity contribution in [2.75, 3.05) is 36.0 Å². The molecule has 2 rings (SSSR count). The molecule has 0 saturated carbocycles. The number of benzene rings is 2. The first-order valence-corrected chi connectivity index (χ1v) is 9.28. The van der Waals surface area contributed by atoms with Gasteiger partial charge in [-0.15, -0.1) is 11.8 Å². The molecule has 0 atom stereocenters. The first-order valence-electron chi connectivity index (χ1n) is 8.30. The molecule has 4 nitrogen and oxygen atoms in total. The molecule has 128 valence electrons. The molecule has 0 aliphatic heterocycles. The van der Waals surface area contributed by atoms with E-state index in [1.807, 2.05) is 54.6 Å². The number of nitrogens with zero attached hydrogens (tertiary/aromatic N) is 1. The first kappa shape index (κ1) is 18.4. The van der Waals surface area contributed by atoms with Gasteiger partial charge in [-0.1, -0.05) is 44.2 Å². The maximum absolute atomic E-state index is 12.2. The second kappa shape index (κ2) is 10.0. The van der Waals surface area contributed by atoms with E-state index in [4.69, 9.17) is 0 Å². The van der Waals surface area contributed by atoms with Crippen LogP contribution in [0.5, 0.6) is 0 Å². The van der Waals surface area contributed by atoms with Crippen molar-refractivity contribution in [1.29, 1.82) is 0 Å². The molecule has 2 aromatic rings. The Morgan fingerprint density at radius 1 is 0.958 bits per heavy atom. The summed E-state index contributed by atoms with van der Waals surface area (Å²) < 4.78 is 0. The molecule has 0 heterocycles. The summed E-state index contributed by atoms with van der Waals surface area (Å²) in [5.74, 6) is 1.00. The summed E-state index contributed by atoms with van der Waals surface area (Å²) in [6, 6.07) is 17.1. The van der Waals surface area contributed by atoms with Crippen LogP contribution in [0, 0.1) is 0 Å². The SMILES string of the molecule is CCN(CC)CCSc1ccccc1NC(=O)Nc1ccccc1. The fourth-order valence-corrected chi connectivity index (χ4v) is 3.35. The molecule has 24 heavy (non-hydrogen) atoms. The first-order chi connectivity index (χ1) is 11.7. The maximum Gasteiger partial charge on any atom is 0.323 e. The van der Waals surface area contributed by atoms with E-state index in [1.54, 1.807) is 11.8 Å². The van der Waals surface area contributed by atoms with Gasteiger partial charge in [0.15, 0.2) is 0 Å². The fourth-order valence-electron chi connectivity index (χ4n) is 2.33. The third-order valence-corrected chi connectivity index (χ3v) is 4.78. The minimum Gasteiger partial charge on any atom is -0.308 e. The van der Waals surface area contributed by atoms with Crippen molar-refractivity contribution < 1.29 is 4.79 Å². The monoisotopic (exact) mass is 343 g/mol. The Kier molecular flexibility index (Phi) is 7.65. The number of hydrogen-bond donors (Lipinski definition) is 2. The number of carbonyl (C=O) groups is 1. The van der Waals surface area contributed by atoms with E-state index < -0.39 is 0 Å². The molecule has 2 aromatic carbocycles. The Morgan fingerprint density at radius 3 is 2.33 bits per heavy atom. The van der Waals surface area contributed by atoms with Gasteiger partial charge in [0.25, 0.3) is 0 Å². The van der Waals surface area contributed by atoms with Crippen LogP contribution in [0.2, 0.25) is 0 Å². The lowest BCUT2D eigenvalue weighted by Gasteiger charge is -2.18. The van der Waals surface area contributed by atoms with Gasteiger partial charge in [0.05, 0.1) is 5.69 Å². The summed E-state index contributed by atoms with van der Waals surface area (Å²) in [5, 5.41) is 5.78. The second-order valence-corrected chi connectivity index (χ2v) is 6.45. The third kappa shape index (κ3) is 5.91. The van der Waals surface area contributed by atoms with E-state index in [-0.39, 0.29) is 6.03 Å². The molecule has 0 aliphatic rings. The van der Waals surface area contributed by atoms with E-state index in [2.05, 4.69) is 29.4 Å². The van der Waals surface area contributed by atoms with Crippen LogP contribution in [0.3, 0.4) is 0 Å². The summed E-state index contributed by atoms with van der Waals surface area (Å²) in [4.78, 5) is 15.7. The smallest absolute Gasteiger partial charge is 0.308 e. The molecule has 0 fully saturated rings. The van der Waals surface area contributed by atoms with Gasteiger partial charge in [0.1, 0.15) is 0 Å². The molecule has 2 N–H and O–H groups in total. The van der Waals surface area contributed by atoms with Gasteiger partial charge in [0, 0.05) is 22.9 Å². The van der Waals surface area contributed by atoms with Gasteiger partial charge in [0.2, 0.25) is 0 Å². The van der Waals surface area contributed by atoms with Gasteiger partial charge in [-0.2, -0.15) is 0 Å². The lowest BCUT2D eigenvalue weighted by molar-refractivity contribution is 0.262. The molecule has 0 unspecified atom stereocenters. The average molecular weight is 343 g/mol. The molecule has 5 heteroatoms. The van der Waals surface area contributed by atoms with E-state index in [9.17, 15) is 4.79 Å².